The first-order valence-electron chi connectivity index (χ1n) is 6.30. The van der Waals surface area contributed by atoms with Crippen molar-refractivity contribution in [3.8, 4) is 0 Å². The Morgan fingerprint density at radius 2 is 1.88 bits per heavy atom. The van der Waals surface area contributed by atoms with Crippen molar-refractivity contribution in [3.05, 3.63) is 22.8 Å². The average Bonchev–Trinajstić information content (AvgIpc) is 2.30. The molecule has 0 heterocycles. The maximum Gasteiger partial charge on any atom is 0.0425 e. The summed E-state index contributed by atoms with van der Waals surface area (Å²) in [5, 5.41) is 3.52. The maximum atomic E-state index is 6.15. The summed E-state index contributed by atoms with van der Waals surface area (Å²) < 4.78 is 0. The van der Waals surface area contributed by atoms with Gasteiger partial charge in [0.15, 0.2) is 0 Å². The van der Waals surface area contributed by atoms with Crippen LogP contribution in [-0.4, -0.2) is 6.54 Å². The van der Waals surface area contributed by atoms with E-state index >= 15 is 0 Å². The fourth-order valence-electron chi connectivity index (χ4n) is 2.09. The van der Waals surface area contributed by atoms with Crippen LogP contribution in [0, 0.1) is 6.92 Å². The number of nitrogen functional groups attached to an aromatic ring is 1. The minimum absolute atomic E-state index is 0.957. The van der Waals surface area contributed by atoms with E-state index < -0.39 is 0 Å². The molecular weight excluding hydrogens is 196 g/mol. The van der Waals surface area contributed by atoms with Crippen LogP contribution in [0.4, 0.5) is 11.4 Å². The summed E-state index contributed by atoms with van der Waals surface area (Å²) >= 11 is 0. The van der Waals surface area contributed by atoms with Gasteiger partial charge in [0.05, 0.1) is 0 Å². The van der Waals surface area contributed by atoms with E-state index in [1.807, 2.05) is 0 Å². The molecule has 0 radical (unpaired) electrons. The fraction of sp³-hybridized carbons (Fsp3) is 0.571. The molecule has 3 N–H and O–H groups in total. The molecule has 16 heavy (non-hydrogen) atoms. The summed E-state index contributed by atoms with van der Waals surface area (Å²) in [6.07, 6.45) is 3.19. The van der Waals surface area contributed by atoms with Gasteiger partial charge in [-0.25, -0.2) is 0 Å². The number of nitrogens with two attached hydrogens (primary N) is 1. The topological polar surface area (TPSA) is 38.0 Å². The SMILES string of the molecule is CCCNc1c(CC)cc(C)c(N)c1CC. The third-order valence-corrected chi connectivity index (χ3v) is 3.05. The van der Waals surface area contributed by atoms with Gasteiger partial charge >= 0.3 is 0 Å². The lowest BCUT2D eigenvalue weighted by Gasteiger charge is -2.19. The van der Waals surface area contributed by atoms with Crippen LogP contribution < -0.4 is 11.1 Å². The van der Waals surface area contributed by atoms with Crippen LogP contribution in [0.5, 0.6) is 0 Å². The zero-order valence-corrected chi connectivity index (χ0v) is 11.0. The monoisotopic (exact) mass is 220 g/mol. The van der Waals surface area contributed by atoms with Gasteiger partial charge in [0.2, 0.25) is 0 Å². The Bertz CT molecular complexity index is 356. The fourth-order valence-corrected chi connectivity index (χ4v) is 2.09. The number of rotatable bonds is 5. The quantitative estimate of drug-likeness (QED) is 0.745. The van der Waals surface area contributed by atoms with Crippen LogP contribution in [0.15, 0.2) is 6.07 Å². The van der Waals surface area contributed by atoms with E-state index in [1.165, 1.54) is 22.4 Å². The highest BCUT2D eigenvalue weighted by Gasteiger charge is 2.11. The average molecular weight is 220 g/mol. The molecule has 1 aromatic carbocycles. The Labute approximate surface area is 99.2 Å². The molecule has 0 spiro atoms. The molecule has 1 rings (SSSR count). The first-order chi connectivity index (χ1) is 7.65. The van der Waals surface area contributed by atoms with Gasteiger partial charge in [0, 0.05) is 17.9 Å². The number of hydrogen-bond donors (Lipinski definition) is 2. The van der Waals surface area contributed by atoms with Gasteiger partial charge in [-0.1, -0.05) is 26.8 Å². The molecule has 2 nitrogen and oxygen atoms in total. The molecule has 0 aromatic heterocycles. The first-order valence-corrected chi connectivity index (χ1v) is 6.30. The van der Waals surface area contributed by atoms with Gasteiger partial charge in [-0.3, -0.25) is 0 Å². The molecular formula is C14H24N2. The summed E-state index contributed by atoms with van der Waals surface area (Å²) in [6.45, 7) is 9.66. The summed E-state index contributed by atoms with van der Waals surface area (Å²) in [6, 6.07) is 2.21. The number of benzene rings is 1. The molecule has 0 saturated carbocycles. The summed E-state index contributed by atoms with van der Waals surface area (Å²) in [4.78, 5) is 0. The summed E-state index contributed by atoms with van der Waals surface area (Å²) in [5.74, 6) is 0. The third-order valence-electron chi connectivity index (χ3n) is 3.05. The van der Waals surface area contributed by atoms with Crippen LogP contribution in [-0.2, 0) is 12.8 Å². The molecule has 0 aliphatic heterocycles. The van der Waals surface area contributed by atoms with Gasteiger partial charge < -0.3 is 11.1 Å². The zero-order chi connectivity index (χ0) is 12.1. The summed E-state index contributed by atoms with van der Waals surface area (Å²) in [5.41, 5.74) is 12.3. The van der Waals surface area contributed by atoms with Crippen molar-refractivity contribution < 1.29 is 0 Å². The number of hydrogen-bond acceptors (Lipinski definition) is 2. The molecule has 1 aromatic rings. The van der Waals surface area contributed by atoms with Gasteiger partial charge in [-0.15, -0.1) is 0 Å². The highest BCUT2D eigenvalue weighted by Crippen LogP contribution is 2.30. The van der Waals surface area contributed by atoms with E-state index in [9.17, 15) is 0 Å². The highest BCUT2D eigenvalue weighted by molar-refractivity contribution is 5.70. The van der Waals surface area contributed by atoms with Crippen molar-refractivity contribution in [3.63, 3.8) is 0 Å². The smallest absolute Gasteiger partial charge is 0.0425 e. The van der Waals surface area contributed by atoms with Crippen LogP contribution in [0.1, 0.15) is 43.9 Å². The predicted octanol–water partition coefficient (Wildman–Crippen LogP) is 3.52. The van der Waals surface area contributed by atoms with Crippen LogP contribution in [0.25, 0.3) is 0 Å². The molecule has 0 fully saturated rings. The van der Waals surface area contributed by atoms with E-state index in [0.717, 1.165) is 31.5 Å². The van der Waals surface area contributed by atoms with Crippen molar-refractivity contribution >= 4 is 11.4 Å². The Morgan fingerprint density at radius 3 is 2.38 bits per heavy atom. The molecule has 0 atom stereocenters. The lowest BCUT2D eigenvalue weighted by Crippen LogP contribution is -2.09. The second-order valence-electron chi connectivity index (χ2n) is 4.25. The molecule has 2 heteroatoms. The Hall–Kier alpha value is -1.18. The van der Waals surface area contributed by atoms with E-state index in [4.69, 9.17) is 5.73 Å². The van der Waals surface area contributed by atoms with Crippen molar-refractivity contribution in [2.75, 3.05) is 17.6 Å². The highest BCUT2D eigenvalue weighted by atomic mass is 14.9. The van der Waals surface area contributed by atoms with E-state index in [2.05, 4.69) is 39.1 Å². The molecule has 0 amide bonds. The zero-order valence-electron chi connectivity index (χ0n) is 11.0. The van der Waals surface area contributed by atoms with Gasteiger partial charge in [0.25, 0.3) is 0 Å². The minimum atomic E-state index is 0.957. The third kappa shape index (κ3) is 2.49. The number of aryl methyl sites for hydroxylation is 2. The second-order valence-corrected chi connectivity index (χ2v) is 4.25. The van der Waals surface area contributed by atoms with Gasteiger partial charge in [0.1, 0.15) is 0 Å². The minimum Gasteiger partial charge on any atom is -0.398 e. The second kappa shape index (κ2) is 5.78. The van der Waals surface area contributed by atoms with Crippen molar-refractivity contribution in [1.82, 2.24) is 0 Å². The molecule has 0 aliphatic rings. The van der Waals surface area contributed by atoms with Crippen molar-refractivity contribution in [2.45, 2.75) is 47.0 Å². The lowest BCUT2D eigenvalue weighted by molar-refractivity contribution is 0.962. The molecule has 0 unspecified atom stereocenters. The Balaban J connectivity index is 3.23. The predicted molar refractivity (Wildman–Crippen MR) is 73.1 cm³/mol. The van der Waals surface area contributed by atoms with E-state index in [1.54, 1.807) is 0 Å². The van der Waals surface area contributed by atoms with E-state index in [-0.39, 0.29) is 0 Å². The summed E-state index contributed by atoms with van der Waals surface area (Å²) in [7, 11) is 0. The largest absolute Gasteiger partial charge is 0.398 e. The van der Waals surface area contributed by atoms with E-state index in [0.29, 0.717) is 0 Å². The number of anilines is 2. The molecule has 0 saturated heterocycles. The van der Waals surface area contributed by atoms with Crippen molar-refractivity contribution in [1.29, 1.82) is 0 Å². The van der Waals surface area contributed by atoms with Gasteiger partial charge in [-0.2, -0.15) is 0 Å². The molecule has 0 bridgehead atoms. The Morgan fingerprint density at radius 1 is 1.19 bits per heavy atom. The first kappa shape index (κ1) is 12.9. The normalized spacial score (nSPS) is 10.5. The van der Waals surface area contributed by atoms with Gasteiger partial charge in [-0.05, 0) is 42.9 Å². The standard InChI is InChI=1S/C14H24N2/c1-5-8-16-14-11(6-2)9-10(4)13(15)12(14)7-3/h9,16H,5-8,15H2,1-4H3. The van der Waals surface area contributed by atoms with Crippen LogP contribution >= 0.6 is 0 Å². The van der Waals surface area contributed by atoms with Crippen LogP contribution in [0.3, 0.4) is 0 Å². The molecule has 90 valence electrons. The molecule has 0 aliphatic carbocycles. The lowest BCUT2D eigenvalue weighted by atomic mass is 9.97. The van der Waals surface area contributed by atoms with Crippen molar-refractivity contribution in [2.24, 2.45) is 0 Å². The number of nitrogens with one attached hydrogen (secondary N) is 1. The maximum absolute atomic E-state index is 6.15. The van der Waals surface area contributed by atoms with Crippen LogP contribution in [0.2, 0.25) is 0 Å². The Kier molecular flexibility index (Phi) is 4.66.